The van der Waals surface area contributed by atoms with E-state index in [0.717, 1.165) is 0 Å². The normalized spacial score (nSPS) is 16.1. The number of nitriles is 1. The van der Waals surface area contributed by atoms with Crippen LogP contribution in [0.5, 0.6) is 0 Å². The van der Waals surface area contributed by atoms with E-state index in [1.165, 1.54) is 0 Å². The van der Waals surface area contributed by atoms with Gasteiger partial charge in [-0.2, -0.15) is 5.26 Å². The first-order valence-corrected chi connectivity index (χ1v) is 4.91. The zero-order valence-electron chi connectivity index (χ0n) is 9.59. The molecule has 1 atom stereocenters. The molecule has 0 aromatic heterocycles. The topological polar surface area (TPSA) is 61.1 Å². The van der Waals surface area contributed by atoms with E-state index in [1.807, 2.05) is 26.8 Å². The van der Waals surface area contributed by atoms with Crippen LogP contribution in [0, 0.1) is 28.1 Å². The van der Waals surface area contributed by atoms with E-state index in [0.29, 0.717) is 6.42 Å². The van der Waals surface area contributed by atoms with Gasteiger partial charge in [-0.15, -0.1) is 0 Å². The molecule has 0 radical (unpaired) electrons. The van der Waals surface area contributed by atoms with Gasteiger partial charge in [0.15, 0.2) is 5.41 Å². The Labute approximate surface area is 85.7 Å². The maximum atomic E-state index is 11.3. The van der Waals surface area contributed by atoms with E-state index >= 15 is 0 Å². The predicted octanol–water partition coefficient (Wildman–Crippen LogP) is 2.67. The Balaban J connectivity index is 5.52. The molecule has 1 unspecified atom stereocenters. The largest absolute Gasteiger partial charge is 0.480 e. The summed E-state index contributed by atoms with van der Waals surface area (Å²) in [6.45, 7) is 9.16. The van der Waals surface area contributed by atoms with E-state index in [2.05, 4.69) is 0 Å². The minimum absolute atomic E-state index is 0.194. The molecule has 0 aliphatic heterocycles. The van der Waals surface area contributed by atoms with Crippen LogP contribution < -0.4 is 0 Å². The summed E-state index contributed by atoms with van der Waals surface area (Å²) in [6.07, 6.45) is 0.672. The highest BCUT2D eigenvalue weighted by Gasteiger charge is 2.53. The average Bonchev–Trinajstić information content (AvgIpc) is 2.04. The third-order valence-corrected chi connectivity index (χ3v) is 3.33. The molecule has 1 N–H and O–H groups in total. The highest BCUT2D eigenvalue weighted by molar-refractivity contribution is 5.79. The second-order valence-electron chi connectivity index (χ2n) is 4.62. The molecule has 0 spiro atoms. The first-order valence-electron chi connectivity index (χ1n) is 4.91. The van der Waals surface area contributed by atoms with Crippen molar-refractivity contribution in [2.24, 2.45) is 16.7 Å². The molecule has 0 aromatic rings. The SMILES string of the molecule is CCC(C)(C)C(C#N)(C(=O)O)C(C)C. The minimum Gasteiger partial charge on any atom is -0.480 e. The molecule has 0 fully saturated rings. The van der Waals surface area contributed by atoms with Crippen molar-refractivity contribution in [3.63, 3.8) is 0 Å². The van der Waals surface area contributed by atoms with Gasteiger partial charge < -0.3 is 5.11 Å². The zero-order chi connectivity index (χ0) is 11.6. The smallest absolute Gasteiger partial charge is 0.324 e. The van der Waals surface area contributed by atoms with Crippen LogP contribution in [0.2, 0.25) is 0 Å². The van der Waals surface area contributed by atoms with Crippen LogP contribution in [-0.2, 0) is 4.79 Å². The van der Waals surface area contributed by atoms with Gasteiger partial charge in [0, 0.05) is 0 Å². The monoisotopic (exact) mass is 197 g/mol. The maximum absolute atomic E-state index is 11.3. The van der Waals surface area contributed by atoms with Gasteiger partial charge >= 0.3 is 5.97 Å². The number of aliphatic carboxylic acids is 1. The summed E-state index contributed by atoms with van der Waals surface area (Å²) < 4.78 is 0. The maximum Gasteiger partial charge on any atom is 0.324 e. The van der Waals surface area contributed by atoms with Crippen LogP contribution in [-0.4, -0.2) is 11.1 Å². The molecule has 0 bridgehead atoms. The molecular weight excluding hydrogens is 178 g/mol. The van der Waals surface area contributed by atoms with Gasteiger partial charge in [0.25, 0.3) is 0 Å². The van der Waals surface area contributed by atoms with Crippen LogP contribution in [0.3, 0.4) is 0 Å². The number of carboxylic acids is 1. The number of carbonyl (C=O) groups is 1. The molecule has 0 saturated carbocycles. The number of nitrogens with zero attached hydrogens (tertiary/aromatic N) is 1. The summed E-state index contributed by atoms with van der Waals surface area (Å²) in [4.78, 5) is 11.3. The third kappa shape index (κ3) is 1.61. The standard InChI is InChI=1S/C11H19NO2/c1-6-10(4,5)11(7-12,8(2)3)9(13)14/h8H,6H2,1-5H3,(H,13,14). The van der Waals surface area contributed by atoms with Gasteiger partial charge in [-0.3, -0.25) is 4.79 Å². The quantitative estimate of drug-likeness (QED) is 0.753. The Morgan fingerprint density at radius 3 is 2.00 bits per heavy atom. The van der Waals surface area contributed by atoms with Crippen LogP contribution in [0.1, 0.15) is 41.0 Å². The van der Waals surface area contributed by atoms with Crippen LogP contribution >= 0.6 is 0 Å². The van der Waals surface area contributed by atoms with Gasteiger partial charge in [-0.05, 0) is 17.8 Å². The second-order valence-corrected chi connectivity index (χ2v) is 4.62. The lowest BCUT2D eigenvalue weighted by Gasteiger charge is -2.40. The Morgan fingerprint density at radius 1 is 1.50 bits per heavy atom. The van der Waals surface area contributed by atoms with Crippen LogP contribution in [0.25, 0.3) is 0 Å². The minimum atomic E-state index is -1.29. The molecule has 0 aromatic carbocycles. The number of carboxylic acid groups (broad SMARTS) is 1. The average molecular weight is 197 g/mol. The van der Waals surface area contributed by atoms with E-state index in [1.54, 1.807) is 13.8 Å². The first-order chi connectivity index (χ1) is 6.26. The van der Waals surface area contributed by atoms with E-state index in [9.17, 15) is 9.90 Å². The van der Waals surface area contributed by atoms with Crippen LogP contribution in [0.15, 0.2) is 0 Å². The van der Waals surface area contributed by atoms with Crippen molar-refractivity contribution in [3.8, 4) is 6.07 Å². The lowest BCUT2D eigenvalue weighted by atomic mass is 9.59. The molecule has 3 heteroatoms. The first kappa shape index (κ1) is 13.0. The fraction of sp³-hybridized carbons (Fsp3) is 0.818. The van der Waals surface area contributed by atoms with E-state index < -0.39 is 16.8 Å². The Hall–Kier alpha value is -1.04. The fourth-order valence-electron chi connectivity index (χ4n) is 1.92. The van der Waals surface area contributed by atoms with Crippen molar-refractivity contribution in [1.29, 1.82) is 5.26 Å². The molecule has 0 aliphatic carbocycles. The second kappa shape index (κ2) is 4.00. The highest BCUT2D eigenvalue weighted by atomic mass is 16.4. The van der Waals surface area contributed by atoms with Crippen molar-refractivity contribution in [3.05, 3.63) is 0 Å². The van der Waals surface area contributed by atoms with Gasteiger partial charge in [-0.25, -0.2) is 0 Å². The summed E-state index contributed by atoms with van der Waals surface area (Å²) in [5, 5.41) is 18.4. The molecule has 80 valence electrons. The van der Waals surface area contributed by atoms with Crippen molar-refractivity contribution in [2.45, 2.75) is 41.0 Å². The Kier molecular flexibility index (Phi) is 3.70. The molecule has 0 saturated heterocycles. The summed E-state index contributed by atoms with van der Waals surface area (Å²) in [5.74, 6) is -1.21. The molecule has 0 rings (SSSR count). The van der Waals surface area contributed by atoms with E-state index in [-0.39, 0.29) is 5.92 Å². The zero-order valence-corrected chi connectivity index (χ0v) is 9.59. The van der Waals surface area contributed by atoms with Gasteiger partial charge in [0.2, 0.25) is 0 Å². The molecule has 0 aliphatic rings. The molecule has 14 heavy (non-hydrogen) atoms. The van der Waals surface area contributed by atoms with E-state index in [4.69, 9.17) is 5.26 Å². The number of hydrogen-bond donors (Lipinski definition) is 1. The number of hydrogen-bond acceptors (Lipinski definition) is 2. The Bertz CT molecular complexity index is 263. The van der Waals surface area contributed by atoms with Crippen molar-refractivity contribution in [1.82, 2.24) is 0 Å². The summed E-state index contributed by atoms with van der Waals surface area (Å²) >= 11 is 0. The lowest BCUT2D eigenvalue weighted by Crippen LogP contribution is -2.47. The van der Waals surface area contributed by atoms with Gasteiger partial charge in [0.1, 0.15) is 0 Å². The van der Waals surface area contributed by atoms with Crippen molar-refractivity contribution in [2.75, 3.05) is 0 Å². The predicted molar refractivity (Wildman–Crippen MR) is 54.6 cm³/mol. The summed E-state index contributed by atoms with van der Waals surface area (Å²) in [6, 6.07) is 2.01. The van der Waals surface area contributed by atoms with Gasteiger partial charge in [-0.1, -0.05) is 34.6 Å². The third-order valence-electron chi connectivity index (χ3n) is 3.33. The molecule has 0 heterocycles. The summed E-state index contributed by atoms with van der Waals surface area (Å²) in [7, 11) is 0. The van der Waals surface area contributed by atoms with Gasteiger partial charge in [0.05, 0.1) is 6.07 Å². The molecular formula is C11H19NO2. The molecule has 3 nitrogen and oxygen atoms in total. The van der Waals surface area contributed by atoms with Crippen molar-refractivity contribution < 1.29 is 9.90 Å². The summed E-state index contributed by atoms with van der Waals surface area (Å²) in [5.41, 5.74) is -1.80. The molecule has 0 amide bonds. The highest BCUT2D eigenvalue weighted by Crippen LogP contribution is 2.46. The Morgan fingerprint density at radius 2 is 1.93 bits per heavy atom. The lowest BCUT2D eigenvalue weighted by molar-refractivity contribution is -0.155. The van der Waals surface area contributed by atoms with Crippen LogP contribution in [0.4, 0.5) is 0 Å². The fourth-order valence-corrected chi connectivity index (χ4v) is 1.92. The number of rotatable bonds is 4. The van der Waals surface area contributed by atoms with Crippen molar-refractivity contribution >= 4 is 5.97 Å².